The van der Waals surface area contributed by atoms with E-state index in [4.69, 9.17) is 0 Å². The molecule has 144 valence electrons. The van der Waals surface area contributed by atoms with E-state index in [1.165, 1.54) is 12.1 Å². The average molecular weight is 496 g/mol. The maximum Gasteiger partial charge on any atom is 0.150 e. The van der Waals surface area contributed by atoms with Crippen molar-refractivity contribution < 1.29 is 18.3 Å². The molecule has 0 spiro atoms. The summed E-state index contributed by atoms with van der Waals surface area (Å²) < 4.78 is 44.6. The lowest BCUT2D eigenvalue weighted by Gasteiger charge is -2.32. The third kappa shape index (κ3) is 3.17. The summed E-state index contributed by atoms with van der Waals surface area (Å²) in [6.45, 7) is 7.44. The molecule has 2 N–H and O–H groups in total. The normalized spacial score (nSPS) is 15.9. The van der Waals surface area contributed by atoms with E-state index >= 15 is 0 Å². The summed E-state index contributed by atoms with van der Waals surface area (Å²) in [5.74, 6) is -2.44. The number of fused-ring (bicyclic) bond motifs is 1. The number of anilines is 3. The number of rotatable bonds is 4. The molecule has 0 atom stereocenters. The Morgan fingerprint density at radius 2 is 1.86 bits per heavy atom. The fourth-order valence-corrected chi connectivity index (χ4v) is 3.76. The van der Waals surface area contributed by atoms with Crippen molar-refractivity contribution in [3.8, 4) is 0 Å². The van der Waals surface area contributed by atoms with Crippen LogP contribution in [0.25, 0.3) is 5.57 Å². The number of benzene rings is 2. The first kappa shape index (κ1) is 18.9. The van der Waals surface area contributed by atoms with Crippen molar-refractivity contribution in [1.29, 1.82) is 0 Å². The number of nitrogens with one attached hydrogen (secondary N) is 1. The molecule has 3 nitrogen and oxygen atoms in total. The lowest BCUT2D eigenvalue weighted by molar-refractivity contribution is 0.429. The standard InChI is InChI=1S/C21H16F3IN2O/c1-10-14(11(2)28)9-27(13-4-5-13)21-17(24)8-16(23)20(19(10)21)26-18-6-3-12(25)7-15(18)22/h3,6-9,13,26,28H,1-2,4-5H2. The van der Waals surface area contributed by atoms with Crippen LogP contribution in [0.3, 0.4) is 0 Å². The molecule has 0 amide bonds. The van der Waals surface area contributed by atoms with Crippen LogP contribution in [-0.2, 0) is 0 Å². The molecular formula is C21H16F3IN2O. The highest BCUT2D eigenvalue weighted by molar-refractivity contribution is 14.1. The van der Waals surface area contributed by atoms with Gasteiger partial charge in [0.2, 0.25) is 0 Å². The second-order valence-corrected chi connectivity index (χ2v) is 8.04. The van der Waals surface area contributed by atoms with Gasteiger partial charge in [-0.25, -0.2) is 13.2 Å². The second kappa shape index (κ2) is 6.88. The van der Waals surface area contributed by atoms with Crippen LogP contribution in [0.5, 0.6) is 0 Å². The molecule has 4 rings (SSSR count). The van der Waals surface area contributed by atoms with Crippen molar-refractivity contribution in [2.45, 2.75) is 18.9 Å². The Balaban J connectivity index is 1.91. The largest absolute Gasteiger partial charge is 0.508 e. The summed E-state index contributed by atoms with van der Waals surface area (Å²) in [5, 5.41) is 12.7. The quantitative estimate of drug-likeness (QED) is 0.380. The monoisotopic (exact) mass is 496 g/mol. The zero-order chi connectivity index (χ0) is 20.2. The lowest BCUT2D eigenvalue weighted by atomic mass is 9.91. The van der Waals surface area contributed by atoms with Crippen molar-refractivity contribution in [2.75, 3.05) is 10.2 Å². The Kier molecular flexibility index (Phi) is 4.65. The average Bonchev–Trinajstić information content (AvgIpc) is 3.45. The van der Waals surface area contributed by atoms with Gasteiger partial charge in [0.05, 0.1) is 17.1 Å². The van der Waals surface area contributed by atoms with Gasteiger partial charge in [-0.05, 0) is 59.2 Å². The minimum atomic E-state index is -0.879. The van der Waals surface area contributed by atoms with E-state index in [0.717, 1.165) is 18.9 Å². The van der Waals surface area contributed by atoms with Gasteiger partial charge in [0, 0.05) is 33.0 Å². The van der Waals surface area contributed by atoms with Gasteiger partial charge >= 0.3 is 0 Å². The van der Waals surface area contributed by atoms with Gasteiger partial charge in [0.1, 0.15) is 17.4 Å². The summed E-state index contributed by atoms with van der Waals surface area (Å²) >= 11 is 1.97. The van der Waals surface area contributed by atoms with Crippen LogP contribution in [0.2, 0.25) is 0 Å². The zero-order valence-corrected chi connectivity index (χ0v) is 16.9. The van der Waals surface area contributed by atoms with E-state index in [-0.39, 0.29) is 45.6 Å². The fraction of sp³-hybridized carbons (Fsp3) is 0.143. The van der Waals surface area contributed by atoms with Gasteiger partial charge in [0.25, 0.3) is 0 Å². The van der Waals surface area contributed by atoms with Crippen molar-refractivity contribution in [1.82, 2.24) is 0 Å². The first-order chi connectivity index (χ1) is 13.3. The number of allylic oxidation sites excluding steroid dienone is 1. The van der Waals surface area contributed by atoms with Crippen molar-refractivity contribution in [3.05, 3.63) is 81.5 Å². The summed E-state index contributed by atoms with van der Waals surface area (Å²) in [6.07, 6.45) is 3.28. The third-order valence-electron chi connectivity index (χ3n) is 4.80. The molecular weight excluding hydrogens is 480 g/mol. The molecule has 0 unspecified atom stereocenters. The number of aliphatic hydroxyl groups is 1. The molecule has 1 fully saturated rings. The maximum atomic E-state index is 14.8. The molecule has 1 heterocycles. The predicted octanol–water partition coefficient (Wildman–Crippen LogP) is 6.40. The van der Waals surface area contributed by atoms with Crippen LogP contribution in [0.4, 0.5) is 30.2 Å². The van der Waals surface area contributed by atoms with Crippen molar-refractivity contribution in [2.24, 2.45) is 0 Å². The summed E-state index contributed by atoms with van der Waals surface area (Å²) in [4.78, 5) is 1.67. The maximum absolute atomic E-state index is 14.8. The number of aliphatic hydroxyl groups excluding tert-OH is 1. The Labute approximate surface area is 174 Å². The number of halogens is 4. The van der Waals surface area contributed by atoms with Gasteiger partial charge in [-0.1, -0.05) is 13.2 Å². The minimum absolute atomic E-state index is 0.0454. The Hall–Kier alpha value is -2.42. The lowest BCUT2D eigenvalue weighted by Crippen LogP contribution is -2.26. The van der Waals surface area contributed by atoms with Gasteiger partial charge < -0.3 is 15.3 Å². The SMILES string of the molecule is C=C(O)C1=CN(C2CC2)c2c(F)cc(F)c(Nc3ccc(I)cc3F)c2C1=C. The zero-order valence-electron chi connectivity index (χ0n) is 14.7. The topological polar surface area (TPSA) is 35.5 Å². The van der Waals surface area contributed by atoms with Crippen molar-refractivity contribution in [3.63, 3.8) is 0 Å². The minimum Gasteiger partial charge on any atom is -0.508 e. The summed E-state index contributed by atoms with van der Waals surface area (Å²) in [6, 6.07) is 5.29. The molecule has 7 heteroatoms. The number of hydrogen-bond acceptors (Lipinski definition) is 3. The molecule has 2 aromatic carbocycles. The number of nitrogens with zero attached hydrogens (tertiary/aromatic N) is 1. The van der Waals surface area contributed by atoms with Crippen molar-refractivity contribution >= 4 is 45.2 Å². The molecule has 1 saturated carbocycles. The van der Waals surface area contributed by atoms with Crippen LogP contribution in [0, 0.1) is 21.0 Å². The molecule has 0 aromatic heterocycles. The van der Waals surface area contributed by atoms with Gasteiger partial charge in [-0.3, -0.25) is 0 Å². The van der Waals surface area contributed by atoms with Crippen LogP contribution < -0.4 is 10.2 Å². The molecule has 2 aromatic rings. The van der Waals surface area contributed by atoms with Gasteiger partial charge in [-0.15, -0.1) is 0 Å². The third-order valence-corrected chi connectivity index (χ3v) is 5.47. The first-order valence-corrected chi connectivity index (χ1v) is 9.68. The molecule has 1 aliphatic carbocycles. The smallest absolute Gasteiger partial charge is 0.150 e. The highest BCUT2D eigenvalue weighted by Crippen LogP contribution is 2.48. The van der Waals surface area contributed by atoms with Crippen LogP contribution in [-0.4, -0.2) is 11.1 Å². The van der Waals surface area contributed by atoms with Gasteiger partial charge in [0.15, 0.2) is 5.82 Å². The molecule has 28 heavy (non-hydrogen) atoms. The van der Waals surface area contributed by atoms with E-state index in [9.17, 15) is 18.3 Å². The molecule has 0 saturated heterocycles. The summed E-state index contributed by atoms with van der Waals surface area (Å²) in [5.41, 5.74) is 0.765. The van der Waals surface area contributed by atoms with Crippen LogP contribution in [0.15, 0.2) is 55.0 Å². The van der Waals surface area contributed by atoms with Crippen LogP contribution in [0.1, 0.15) is 18.4 Å². The van der Waals surface area contributed by atoms with E-state index in [2.05, 4.69) is 18.5 Å². The molecule has 1 aliphatic heterocycles. The van der Waals surface area contributed by atoms with E-state index in [1.54, 1.807) is 17.2 Å². The summed E-state index contributed by atoms with van der Waals surface area (Å²) in [7, 11) is 0. The molecule has 0 radical (unpaired) electrons. The molecule has 0 bridgehead atoms. The second-order valence-electron chi connectivity index (χ2n) is 6.79. The first-order valence-electron chi connectivity index (χ1n) is 8.60. The van der Waals surface area contributed by atoms with E-state index in [1.807, 2.05) is 22.6 Å². The van der Waals surface area contributed by atoms with Gasteiger partial charge in [-0.2, -0.15) is 0 Å². The predicted molar refractivity (Wildman–Crippen MR) is 113 cm³/mol. The fourth-order valence-electron chi connectivity index (χ4n) is 3.31. The van der Waals surface area contributed by atoms with E-state index < -0.39 is 17.5 Å². The van der Waals surface area contributed by atoms with Crippen LogP contribution >= 0.6 is 22.6 Å². The Bertz CT molecular complexity index is 1060. The highest BCUT2D eigenvalue weighted by Gasteiger charge is 2.37. The molecule has 2 aliphatic rings. The van der Waals surface area contributed by atoms with E-state index in [0.29, 0.717) is 3.57 Å². The Morgan fingerprint density at radius 1 is 1.14 bits per heavy atom. The Morgan fingerprint density at radius 3 is 2.46 bits per heavy atom. The highest BCUT2D eigenvalue weighted by atomic mass is 127. The number of hydrogen-bond donors (Lipinski definition) is 2.